The molecule has 0 nitrogen and oxygen atoms in total. The van der Waals surface area contributed by atoms with Crippen molar-refractivity contribution in [3.63, 3.8) is 0 Å². The molecule has 0 bridgehead atoms. The van der Waals surface area contributed by atoms with Gasteiger partial charge in [-0.2, -0.15) is 0 Å². The lowest BCUT2D eigenvalue weighted by atomic mass is 9.80. The quantitative estimate of drug-likeness (QED) is 0.154. The van der Waals surface area contributed by atoms with E-state index in [2.05, 4.69) is 220 Å². The van der Waals surface area contributed by atoms with Crippen molar-refractivity contribution in [2.24, 2.45) is 0 Å². The van der Waals surface area contributed by atoms with Crippen LogP contribution in [0, 0.1) is 13.8 Å². The Balaban J connectivity index is 1.33. The van der Waals surface area contributed by atoms with Gasteiger partial charge in [0.1, 0.15) is 0 Å². The van der Waals surface area contributed by atoms with Crippen LogP contribution < -0.4 is 0 Å². The maximum absolute atomic E-state index is 2.48. The van der Waals surface area contributed by atoms with Crippen LogP contribution in [0.2, 0.25) is 0 Å². The number of hydrogen-bond donors (Lipinski definition) is 0. The van der Waals surface area contributed by atoms with E-state index >= 15 is 0 Å². The molecule has 0 aliphatic rings. The maximum Gasteiger partial charge on any atom is -0.00137 e. The lowest BCUT2D eigenvalue weighted by Gasteiger charge is -2.22. The third-order valence-corrected chi connectivity index (χ3v) is 12.1. The second-order valence-electron chi connectivity index (χ2n) is 15.8. The number of aryl methyl sites for hydroxylation is 2. The standard InChI is InChI=1S/C58H40/c1-37-30-38(2)32-46(31-37)44-26-28-49-50-29-27-45(54-34-43-19-7-6-18-42(43)33-53(54)41-14-4-3-5-15-41)36-56(50)58(52-25-13-21-40-17-9-11-23-48(40)52)57(55(49)35-44)51-24-12-20-39-16-8-10-22-47(39)51/h3-36H,1-2H3. The fraction of sp³-hybridized carbons (Fsp3) is 0.0345. The monoisotopic (exact) mass is 736 g/mol. The van der Waals surface area contributed by atoms with Crippen LogP contribution in [-0.4, -0.2) is 0 Å². The van der Waals surface area contributed by atoms with Crippen molar-refractivity contribution < 1.29 is 0 Å². The van der Waals surface area contributed by atoms with Crippen LogP contribution in [0.5, 0.6) is 0 Å². The van der Waals surface area contributed by atoms with Crippen molar-refractivity contribution >= 4 is 53.9 Å². The molecular formula is C58H40. The smallest absolute Gasteiger partial charge is 0.00137 e. The van der Waals surface area contributed by atoms with Crippen molar-refractivity contribution in [2.75, 3.05) is 0 Å². The molecule has 0 unspecified atom stereocenters. The van der Waals surface area contributed by atoms with Crippen LogP contribution in [0.1, 0.15) is 11.1 Å². The molecule has 11 rings (SSSR count). The molecule has 0 spiro atoms. The highest BCUT2D eigenvalue weighted by molar-refractivity contribution is 6.26. The summed E-state index contributed by atoms with van der Waals surface area (Å²) in [6, 6.07) is 76.9. The van der Waals surface area contributed by atoms with Gasteiger partial charge in [-0.05, 0) is 148 Å². The van der Waals surface area contributed by atoms with E-state index in [-0.39, 0.29) is 0 Å². The van der Waals surface area contributed by atoms with Gasteiger partial charge in [-0.3, -0.25) is 0 Å². The average molecular weight is 737 g/mol. The van der Waals surface area contributed by atoms with Gasteiger partial charge in [0.25, 0.3) is 0 Å². The molecule has 0 aliphatic heterocycles. The normalized spacial score (nSPS) is 11.6. The first-order valence-electron chi connectivity index (χ1n) is 20.2. The van der Waals surface area contributed by atoms with Crippen LogP contribution in [0.15, 0.2) is 206 Å². The van der Waals surface area contributed by atoms with E-state index in [1.165, 1.54) is 121 Å². The highest BCUT2D eigenvalue weighted by Crippen LogP contribution is 2.50. The van der Waals surface area contributed by atoms with Crippen molar-refractivity contribution in [3.05, 3.63) is 217 Å². The summed E-state index contributed by atoms with van der Waals surface area (Å²) >= 11 is 0. The molecule has 0 N–H and O–H groups in total. The number of benzene rings is 11. The number of fused-ring (bicyclic) bond motifs is 6. The fourth-order valence-corrected chi connectivity index (χ4v) is 9.51. The van der Waals surface area contributed by atoms with Crippen LogP contribution in [0.25, 0.3) is 109 Å². The lowest BCUT2D eigenvalue weighted by molar-refractivity contribution is 1.38. The summed E-state index contributed by atoms with van der Waals surface area (Å²) < 4.78 is 0. The van der Waals surface area contributed by atoms with Crippen LogP contribution >= 0.6 is 0 Å². The summed E-state index contributed by atoms with van der Waals surface area (Å²) in [6.45, 7) is 4.39. The predicted octanol–water partition coefficient (Wildman–Crippen LogP) is 16.4. The molecule has 0 radical (unpaired) electrons. The molecule has 0 heterocycles. The molecule has 0 amide bonds. The summed E-state index contributed by atoms with van der Waals surface area (Å²) in [4.78, 5) is 0. The van der Waals surface area contributed by atoms with Crippen LogP contribution in [0.3, 0.4) is 0 Å². The third kappa shape index (κ3) is 5.68. The summed E-state index contributed by atoms with van der Waals surface area (Å²) in [5, 5.41) is 12.5. The van der Waals surface area contributed by atoms with E-state index in [1.54, 1.807) is 0 Å². The highest BCUT2D eigenvalue weighted by Gasteiger charge is 2.22. The van der Waals surface area contributed by atoms with Crippen molar-refractivity contribution in [1.29, 1.82) is 0 Å². The molecule has 0 saturated carbocycles. The zero-order valence-electron chi connectivity index (χ0n) is 32.6. The largest absolute Gasteiger partial charge is 0.0622 e. The third-order valence-electron chi connectivity index (χ3n) is 12.1. The van der Waals surface area contributed by atoms with E-state index in [1.807, 2.05) is 0 Å². The molecule has 0 aliphatic carbocycles. The first-order valence-corrected chi connectivity index (χ1v) is 20.2. The Morgan fingerprint density at radius 1 is 0.224 bits per heavy atom. The van der Waals surface area contributed by atoms with Gasteiger partial charge in [0, 0.05) is 0 Å². The minimum absolute atomic E-state index is 1.20. The van der Waals surface area contributed by atoms with E-state index in [0.717, 1.165) is 0 Å². The Morgan fingerprint density at radius 2 is 0.672 bits per heavy atom. The van der Waals surface area contributed by atoms with Gasteiger partial charge < -0.3 is 0 Å². The van der Waals surface area contributed by atoms with Gasteiger partial charge in [-0.1, -0.05) is 193 Å². The molecule has 11 aromatic carbocycles. The van der Waals surface area contributed by atoms with Crippen molar-refractivity contribution in [1.82, 2.24) is 0 Å². The maximum atomic E-state index is 2.48. The molecule has 11 aromatic rings. The van der Waals surface area contributed by atoms with E-state index in [4.69, 9.17) is 0 Å². The Hall–Kier alpha value is -7.28. The Morgan fingerprint density at radius 3 is 1.24 bits per heavy atom. The molecule has 58 heavy (non-hydrogen) atoms. The Labute approximate surface area is 339 Å². The highest BCUT2D eigenvalue weighted by atomic mass is 14.3. The van der Waals surface area contributed by atoms with Gasteiger partial charge in [0.15, 0.2) is 0 Å². The van der Waals surface area contributed by atoms with E-state index in [9.17, 15) is 0 Å². The topological polar surface area (TPSA) is 0 Å². The lowest BCUT2D eigenvalue weighted by Crippen LogP contribution is -1.95. The zero-order valence-corrected chi connectivity index (χ0v) is 32.6. The summed E-state index contributed by atoms with van der Waals surface area (Å²) in [5.74, 6) is 0. The SMILES string of the molecule is Cc1cc(C)cc(-c2ccc3c(c2)c(-c2cccc4ccccc24)c(-c2cccc4ccccc24)c2cc(-c4cc5ccccc5cc4-c4ccccc4)ccc23)c1. The van der Waals surface area contributed by atoms with Gasteiger partial charge in [-0.25, -0.2) is 0 Å². The molecule has 0 saturated heterocycles. The van der Waals surface area contributed by atoms with Gasteiger partial charge in [0.2, 0.25) is 0 Å². The molecular weight excluding hydrogens is 697 g/mol. The minimum atomic E-state index is 1.20. The van der Waals surface area contributed by atoms with E-state index < -0.39 is 0 Å². The Bertz CT molecular complexity index is 3370. The van der Waals surface area contributed by atoms with Gasteiger partial charge in [-0.15, -0.1) is 0 Å². The number of rotatable bonds is 5. The summed E-state index contributed by atoms with van der Waals surface area (Å²) in [6.07, 6.45) is 0. The molecule has 0 atom stereocenters. The number of hydrogen-bond acceptors (Lipinski definition) is 0. The van der Waals surface area contributed by atoms with Gasteiger partial charge >= 0.3 is 0 Å². The van der Waals surface area contributed by atoms with Crippen molar-refractivity contribution in [3.8, 4) is 55.6 Å². The second-order valence-corrected chi connectivity index (χ2v) is 15.8. The molecule has 0 fully saturated rings. The Kier molecular flexibility index (Phi) is 8.05. The molecule has 0 aromatic heterocycles. The zero-order chi connectivity index (χ0) is 38.7. The fourth-order valence-electron chi connectivity index (χ4n) is 9.51. The predicted molar refractivity (Wildman–Crippen MR) is 251 cm³/mol. The van der Waals surface area contributed by atoms with Crippen molar-refractivity contribution in [2.45, 2.75) is 13.8 Å². The molecule has 272 valence electrons. The van der Waals surface area contributed by atoms with E-state index in [0.29, 0.717) is 0 Å². The summed E-state index contributed by atoms with van der Waals surface area (Å²) in [5.41, 5.74) is 14.9. The van der Waals surface area contributed by atoms with Gasteiger partial charge in [0.05, 0.1) is 0 Å². The average Bonchev–Trinajstić information content (AvgIpc) is 3.27. The van der Waals surface area contributed by atoms with Crippen LogP contribution in [-0.2, 0) is 0 Å². The minimum Gasteiger partial charge on any atom is -0.0622 e. The first-order chi connectivity index (χ1) is 28.6. The molecule has 0 heteroatoms. The second kappa shape index (κ2) is 13.7. The summed E-state index contributed by atoms with van der Waals surface area (Å²) in [7, 11) is 0. The first kappa shape index (κ1) is 34.0. The van der Waals surface area contributed by atoms with Crippen LogP contribution in [0.4, 0.5) is 0 Å².